The highest BCUT2D eigenvalue weighted by Gasteiger charge is 2.12. The minimum Gasteiger partial charge on any atom is -0.322 e. The highest BCUT2D eigenvalue weighted by Crippen LogP contribution is 2.12. The number of benzene rings is 1. The lowest BCUT2D eigenvalue weighted by atomic mass is 10.1. The van der Waals surface area contributed by atoms with Crippen LogP contribution in [0.5, 0.6) is 0 Å². The minimum atomic E-state index is -0.819. The van der Waals surface area contributed by atoms with Crippen LogP contribution in [0.1, 0.15) is 27.6 Å². The van der Waals surface area contributed by atoms with E-state index in [2.05, 4.69) is 10.3 Å². The number of nitrogens with zero attached hydrogens (tertiary/aromatic N) is 1. The van der Waals surface area contributed by atoms with E-state index in [0.29, 0.717) is 11.3 Å². The van der Waals surface area contributed by atoms with Gasteiger partial charge < -0.3 is 5.32 Å². The van der Waals surface area contributed by atoms with Gasteiger partial charge in [-0.05, 0) is 43.3 Å². The normalized spacial score (nSPS) is 10.0. The van der Waals surface area contributed by atoms with Crippen molar-refractivity contribution in [2.75, 3.05) is 5.32 Å². The number of hydrogen-bond donors (Lipinski definition) is 1. The first-order valence-electron chi connectivity index (χ1n) is 5.61. The molecule has 0 atom stereocenters. The van der Waals surface area contributed by atoms with Gasteiger partial charge in [0, 0.05) is 17.4 Å². The summed E-state index contributed by atoms with van der Waals surface area (Å²) in [6.45, 7) is 1.46. The maximum absolute atomic E-state index is 13.3. The summed E-state index contributed by atoms with van der Waals surface area (Å²) in [6, 6.07) is 9.19. The van der Waals surface area contributed by atoms with Crippen molar-refractivity contribution in [3.63, 3.8) is 0 Å². The SMILES string of the molecule is CC(=O)c1ccc(NC(=O)c2cccnc2F)cc1. The van der Waals surface area contributed by atoms with Gasteiger partial charge >= 0.3 is 0 Å². The lowest BCUT2D eigenvalue weighted by Gasteiger charge is -2.06. The predicted octanol–water partition coefficient (Wildman–Crippen LogP) is 2.68. The molecule has 2 rings (SSSR count). The molecule has 0 saturated heterocycles. The second-order valence-corrected chi connectivity index (χ2v) is 3.93. The topological polar surface area (TPSA) is 59.1 Å². The molecule has 0 spiro atoms. The van der Waals surface area contributed by atoms with E-state index in [-0.39, 0.29) is 11.3 Å². The molecule has 0 aliphatic rings. The zero-order valence-corrected chi connectivity index (χ0v) is 10.2. The van der Waals surface area contributed by atoms with Crippen molar-refractivity contribution in [3.8, 4) is 0 Å². The molecule has 96 valence electrons. The monoisotopic (exact) mass is 258 g/mol. The molecule has 0 radical (unpaired) electrons. The Morgan fingerprint density at radius 3 is 2.42 bits per heavy atom. The smallest absolute Gasteiger partial charge is 0.260 e. The standard InChI is InChI=1S/C14H11FN2O2/c1-9(18)10-4-6-11(7-5-10)17-14(19)12-3-2-8-16-13(12)15/h2-8H,1H3,(H,17,19). The number of nitrogens with one attached hydrogen (secondary N) is 1. The third-order valence-corrected chi connectivity index (χ3v) is 2.55. The summed E-state index contributed by atoms with van der Waals surface area (Å²) in [5.74, 6) is -1.46. The Labute approximate surface area is 109 Å². The van der Waals surface area contributed by atoms with E-state index in [1.54, 1.807) is 24.3 Å². The summed E-state index contributed by atoms with van der Waals surface area (Å²) in [5, 5.41) is 2.53. The van der Waals surface area contributed by atoms with Crippen LogP contribution in [-0.2, 0) is 0 Å². The van der Waals surface area contributed by atoms with Crippen molar-refractivity contribution in [3.05, 3.63) is 59.7 Å². The molecule has 0 saturated carbocycles. The highest BCUT2D eigenvalue weighted by molar-refractivity contribution is 6.04. The van der Waals surface area contributed by atoms with Crippen LogP contribution in [0.3, 0.4) is 0 Å². The average molecular weight is 258 g/mol. The Kier molecular flexibility index (Phi) is 3.66. The lowest BCUT2D eigenvalue weighted by Crippen LogP contribution is -2.14. The number of ketones is 1. The van der Waals surface area contributed by atoms with Gasteiger partial charge in [-0.3, -0.25) is 9.59 Å². The van der Waals surface area contributed by atoms with Crippen LogP contribution in [0.2, 0.25) is 0 Å². The van der Waals surface area contributed by atoms with Crippen molar-refractivity contribution < 1.29 is 14.0 Å². The number of halogens is 1. The van der Waals surface area contributed by atoms with Crippen LogP contribution in [0, 0.1) is 5.95 Å². The summed E-state index contributed by atoms with van der Waals surface area (Å²) >= 11 is 0. The Morgan fingerprint density at radius 2 is 1.84 bits per heavy atom. The number of hydrogen-bond acceptors (Lipinski definition) is 3. The molecule has 0 fully saturated rings. The van der Waals surface area contributed by atoms with Crippen LogP contribution in [0.15, 0.2) is 42.6 Å². The van der Waals surface area contributed by atoms with Crippen molar-refractivity contribution in [2.24, 2.45) is 0 Å². The van der Waals surface area contributed by atoms with Gasteiger partial charge in [0.05, 0.1) is 5.56 Å². The van der Waals surface area contributed by atoms with Crippen LogP contribution in [0.25, 0.3) is 0 Å². The summed E-state index contributed by atoms with van der Waals surface area (Å²) in [6.07, 6.45) is 1.27. The van der Waals surface area contributed by atoms with E-state index in [4.69, 9.17) is 0 Å². The summed E-state index contributed by atoms with van der Waals surface area (Å²) < 4.78 is 13.3. The maximum Gasteiger partial charge on any atom is 0.260 e. The average Bonchev–Trinajstić information content (AvgIpc) is 2.39. The molecular weight excluding hydrogens is 247 g/mol. The van der Waals surface area contributed by atoms with E-state index >= 15 is 0 Å². The van der Waals surface area contributed by atoms with Crippen LogP contribution < -0.4 is 5.32 Å². The largest absolute Gasteiger partial charge is 0.322 e. The van der Waals surface area contributed by atoms with Gasteiger partial charge in [-0.2, -0.15) is 4.39 Å². The van der Waals surface area contributed by atoms with Crippen LogP contribution in [-0.4, -0.2) is 16.7 Å². The van der Waals surface area contributed by atoms with Gasteiger partial charge in [-0.15, -0.1) is 0 Å². The van der Waals surface area contributed by atoms with E-state index in [9.17, 15) is 14.0 Å². The Morgan fingerprint density at radius 1 is 1.16 bits per heavy atom. The van der Waals surface area contributed by atoms with Gasteiger partial charge in [0.25, 0.3) is 5.91 Å². The zero-order valence-electron chi connectivity index (χ0n) is 10.2. The molecule has 19 heavy (non-hydrogen) atoms. The molecule has 1 heterocycles. The van der Waals surface area contributed by atoms with Crippen molar-refractivity contribution >= 4 is 17.4 Å². The van der Waals surface area contributed by atoms with Gasteiger partial charge in [0.1, 0.15) is 0 Å². The Bertz CT molecular complexity index is 624. The number of anilines is 1. The van der Waals surface area contributed by atoms with Gasteiger partial charge in [-0.1, -0.05) is 0 Å². The van der Waals surface area contributed by atoms with Crippen molar-refractivity contribution in [2.45, 2.75) is 6.92 Å². The maximum atomic E-state index is 13.3. The molecule has 1 aromatic carbocycles. The summed E-state index contributed by atoms with van der Waals surface area (Å²) in [5.41, 5.74) is 0.905. The molecule has 4 nitrogen and oxygen atoms in total. The van der Waals surface area contributed by atoms with Gasteiger partial charge in [0.2, 0.25) is 5.95 Å². The molecular formula is C14H11FN2O2. The third-order valence-electron chi connectivity index (χ3n) is 2.55. The van der Waals surface area contributed by atoms with Crippen molar-refractivity contribution in [1.82, 2.24) is 4.98 Å². The molecule has 0 aliphatic heterocycles. The Hall–Kier alpha value is -2.56. The predicted molar refractivity (Wildman–Crippen MR) is 68.6 cm³/mol. The lowest BCUT2D eigenvalue weighted by molar-refractivity contribution is 0.101. The minimum absolute atomic E-state index is 0.0591. The molecule has 5 heteroatoms. The Balaban J connectivity index is 2.15. The summed E-state index contributed by atoms with van der Waals surface area (Å²) in [4.78, 5) is 26.3. The molecule has 0 bridgehead atoms. The molecule has 1 aromatic heterocycles. The fraction of sp³-hybridized carbons (Fsp3) is 0.0714. The van der Waals surface area contributed by atoms with Crippen LogP contribution in [0.4, 0.5) is 10.1 Å². The van der Waals surface area contributed by atoms with Gasteiger partial charge in [0.15, 0.2) is 5.78 Å². The second-order valence-electron chi connectivity index (χ2n) is 3.93. The number of amides is 1. The van der Waals surface area contributed by atoms with E-state index in [0.717, 1.165) is 0 Å². The fourth-order valence-corrected chi connectivity index (χ4v) is 1.54. The molecule has 1 N–H and O–H groups in total. The van der Waals surface area contributed by atoms with E-state index < -0.39 is 11.9 Å². The van der Waals surface area contributed by atoms with E-state index in [1.807, 2.05) is 0 Å². The highest BCUT2D eigenvalue weighted by atomic mass is 19.1. The number of pyridine rings is 1. The first kappa shape index (κ1) is 12.9. The number of Topliss-reactive ketones (excluding diaryl/α,β-unsaturated/α-hetero) is 1. The molecule has 0 unspecified atom stereocenters. The first-order valence-corrected chi connectivity index (χ1v) is 5.61. The number of carbonyl (C=O) groups is 2. The number of rotatable bonds is 3. The molecule has 2 aromatic rings. The van der Waals surface area contributed by atoms with Gasteiger partial charge in [-0.25, -0.2) is 4.98 Å². The number of carbonyl (C=O) groups excluding carboxylic acids is 2. The third kappa shape index (κ3) is 3.01. The zero-order chi connectivity index (χ0) is 13.8. The summed E-state index contributed by atoms with van der Waals surface area (Å²) in [7, 11) is 0. The quantitative estimate of drug-likeness (QED) is 0.680. The first-order chi connectivity index (χ1) is 9.08. The van der Waals surface area contributed by atoms with E-state index in [1.165, 1.54) is 25.3 Å². The molecule has 1 amide bonds. The van der Waals surface area contributed by atoms with Crippen LogP contribution >= 0.6 is 0 Å². The van der Waals surface area contributed by atoms with Crippen molar-refractivity contribution in [1.29, 1.82) is 0 Å². The fourth-order valence-electron chi connectivity index (χ4n) is 1.54. The molecule has 0 aliphatic carbocycles. The number of aromatic nitrogens is 1. The second kappa shape index (κ2) is 5.39.